The summed E-state index contributed by atoms with van der Waals surface area (Å²) in [5, 5.41) is 1.18. The number of para-hydroxylation sites is 1. The van der Waals surface area contributed by atoms with Crippen molar-refractivity contribution >= 4 is 16.9 Å². The Hall–Kier alpha value is -1.77. The molecule has 0 amide bonds. The van der Waals surface area contributed by atoms with E-state index in [1.807, 2.05) is 38.2 Å². The van der Waals surface area contributed by atoms with Gasteiger partial charge in [0, 0.05) is 17.1 Å². The van der Waals surface area contributed by atoms with Crippen LogP contribution in [-0.4, -0.2) is 17.6 Å². The molecule has 0 saturated heterocycles. The lowest BCUT2D eigenvalue weighted by Gasteiger charge is -2.09. The van der Waals surface area contributed by atoms with Crippen LogP contribution in [0, 0.1) is 0 Å². The normalized spacial score (nSPS) is 12.6. The van der Waals surface area contributed by atoms with Crippen LogP contribution in [0.3, 0.4) is 0 Å². The number of carbonyl (C=O) groups excluding carboxylic acids is 1. The molecule has 17 heavy (non-hydrogen) atoms. The Balaban J connectivity index is 2.19. The van der Waals surface area contributed by atoms with Crippen LogP contribution in [0.2, 0.25) is 0 Å². The van der Waals surface area contributed by atoms with Crippen LogP contribution in [0.1, 0.15) is 31.7 Å². The molecule has 0 unspecified atom stereocenters. The third-order valence-corrected chi connectivity index (χ3v) is 2.93. The number of hydrogen-bond donors (Lipinski definition) is 1. The molecule has 3 heteroatoms. The zero-order valence-corrected chi connectivity index (χ0v) is 10.2. The van der Waals surface area contributed by atoms with Crippen LogP contribution >= 0.6 is 0 Å². The van der Waals surface area contributed by atoms with Gasteiger partial charge in [-0.15, -0.1) is 0 Å². The Labute approximate surface area is 101 Å². The summed E-state index contributed by atoms with van der Waals surface area (Å²) in [6, 6.07) is 8.12. The SMILES string of the molecule is CCOC(=O)C[C@@H](C)c1c[nH]c2ccccc12. The molecule has 0 aliphatic carbocycles. The maximum atomic E-state index is 11.5. The Morgan fingerprint density at radius 1 is 1.41 bits per heavy atom. The Morgan fingerprint density at radius 3 is 2.94 bits per heavy atom. The summed E-state index contributed by atoms with van der Waals surface area (Å²) < 4.78 is 4.97. The van der Waals surface area contributed by atoms with E-state index in [0.717, 1.165) is 5.52 Å². The lowest BCUT2D eigenvalue weighted by Crippen LogP contribution is -2.08. The maximum Gasteiger partial charge on any atom is 0.306 e. The average Bonchev–Trinajstić information content (AvgIpc) is 2.72. The van der Waals surface area contributed by atoms with Crippen LogP contribution in [0.5, 0.6) is 0 Å². The first-order valence-electron chi connectivity index (χ1n) is 5.94. The van der Waals surface area contributed by atoms with Gasteiger partial charge in [0.1, 0.15) is 0 Å². The number of fused-ring (bicyclic) bond motifs is 1. The minimum Gasteiger partial charge on any atom is -0.466 e. The quantitative estimate of drug-likeness (QED) is 0.821. The van der Waals surface area contributed by atoms with Gasteiger partial charge in [0.25, 0.3) is 0 Å². The molecule has 1 aromatic carbocycles. The highest BCUT2D eigenvalue weighted by Crippen LogP contribution is 2.27. The smallest absolute Gasteiger partial charge is 0.306 e. The van der Waals surface area contributed by atoms with Crippen molar-refractivity contribution in [1.29, 1.82) is 0 Å². The molecule has 0 saturated carbocycles. The van der Waals surface area contributed by atoms with Crippen molar-refractivity contribution in [2.24, 2.45) is 0 Å². The molecule has 2 aromatic rings. The minimum absolute atomic E-state index is 0.134. The van der Waals surface area contributed by atoms with Gasteiger partial charge in [0.05, 0.1) is 13.0 Å². The van der Waals surface area contributed by atoms with E-state index in [0.29, 0.717) is 13.0 Å². The molecular weight excluding hydrogens is 214 g/mol. The van der Waals surface area contributed by atoms with Crippen LogP contribution < -0.4 is 0 Å². The largest absolute Gasteiger partial charge is 0.466 e. The Morgan fingerprint density at radius 2 is 2.18 bits per heavy atom. The maximum absolute atomic E-state index is 11.5. The highest BCUT2D eigenvalue weighted by Gasteiger charge is 2.15. The second kappa shape index (κ2) is 5.04. The molecule has 90 valence electrons. The van der Waals surface area contributed by atoms with Crippen molar-refractivity contribution in [2.45, 2.75) is 26.2 Å². The number of rotatable bonds is 4. The predicted molar refractivity (Wildman–Crippen MR) is 68.0 cm³/mol. The summed E-state index contributed by atoms with van der Waals surface area (Å²) in [6.07, 6.45) is 2.41. The Bertz CT molecular complexity index is 516. The molecule has 1 N–H and O–H groups in total. The lowest BCUT2D eigenvalue weighted by atomic mass is 9.97. The fourth-order valence-electron chi connectivity index (χ4n) is 2.08. The minimum atomic E-state index is -0.134. The van der Waals surface area contributed by atoms with Gasteiger partial charge in [0.15, 0.2) is 0 Å². The molecular formula is C14H17NO2. The summed E-state index contributed by atoms with van der Waals surface area (Å²) in [5.74, 6) is 0.0375. The van der Waals surface area contributed by atoms with E-state index in [1.165, 1.54) is 10.9 Å². The number of benzene rings is 1. The molecule has 1 aromatic heterocycles. The van der Waals surface area contributed by atoms with Gasteiger partial charge in [-0.2, -0.15) is 0 Å². The Kier molecular flexibility index (Phi) is 3.47. The van der Waals surface area contributed by atoms with E-state index in [2.05, 4.69) is 11.1 Å². The second-order valence-electron chi connectivity index (χ2n) is 4.20. The number of ether oxygens (including phenoxy) is 1. The van der Waals surface area contributed by atoms with Crippen molar-refractivity contribution in [3.05, 3.63) is 36.0 Å². The monoisotopic (exact) mass is 231 g/mol. The molecule has 0 aliphatic rings. The summed E-state index contributed by atoms with van der Waals surface area (Å²) in [5.41, 5.74) is 2.28. The second-order valence-corrected chi connectivity index (χ2v) is 4.20. The van der Waals surface area contributed by atoms with Crippen molar-refractivity contribution in [3.8, 4) is 0 Å². The number of H-pyrrole nitrogens is 1. The van der Waals surface area contributed by atoms with Crippen molar-refractivity contribution in [3.63, 3.8) is 0 Å². The third-order valence-electron chi connectivity index (χ3n) is 2.93. The van der Waals surface area contributed by atoms with E-state index in [4.69, 9.17) is 4.74 Å². The van der Waals surface area contributed by atoms with Crippen LogP contribution in [0.4, 0.5) is 0 Å². The first-order chi connectivity index (χ1) is 8.22. The first kappa shape index (κ1) is 11.7. The zero-order chi connectivity index (χ0) is 12.3. The molecule has 1 atom stereocenters. The van der Waals surface area contributed by atoms with Crippen molar-refractivity contribution in [1.82, 2.24) is 4.98 Å². The van der Waals surface area contributed by atoms with E-state index >= 15 is 0 Å². The molecule has 0 radical (unpaired) electrons. The van der Waals surface area contributed by atoms with E-state index in [9.17, 15) is 4.79 Å². The van der Waals surface area contributed by atoms with Crippen LogP contribution in [0.25, 0.3) is 10.9 Å². The predicted octanol–water partition coefficient (Wildman–Crippen LogP) is 3.22. The first-order valence-corrected chi connectivity index (χ1v) is 5.94. The number of carbonyl (C=O) groups is 1. The van der Waals surface area contributed by atoms with Crippen molar-refractivity contribution < 1.29 is 9.53 Å². The van der Waals surface area contributed by atoms with Crippen molar-refractivity contribution in [2.75, 3.05) is 6.61 Å². The average molecular weight is 231 g/mol. The van der Waals surface area contributed by atoms with E-state index < -0.39 is 0 Å². The molecule has 2 rings (SSSR count). The zero-order valence-electron chi connectivity index (χ0n) is 10.2. The molecule has 0 aliphatic heterocycles. The highest BCUT2D eigenvalue weighted by molar-refractivity contribution is 5.84. The van der Waals surface area contributed by atoms with Crippen LogP contribution in [-0.2, 0) is 9.53 Å². The van der Waals surface area contributed by atoms with Gasteiger partial charge in [-0.05, 0) is 24.5 Å². The summed E-state index contributed by atoms with van der Waals surface area (Å²) in [4.78, 5) is 14.7. The fourth-order valence-corrected chi connectivity index (χ4v) is 2.08. The topological polar surface area (TPSA) is 42.1 Å². The number of aromatic amines is 1. The van der Waals surface area contributed by atoms with E-state index in [1.54, 1.807) is 0 Å². The van der Waals surface area contributed by atoms with Crippen LogP contribution in [0.15, 0.2) is 30.5 Å². The van der Waals surface area contributed by atoms with Gasteiger partial charge in [-0.3, -0.25) is 4.79 Å². The van der Waals surface area contributed by atoms with E-state index in [-0.39, 0.29) is 11.9 Å². The standard InChI is InChI=1S/C14H17NO2/c1-3-17-14(16)8-10(2)12-9-15-13-7-5-4-6-11(12)13/h4-7,9-10,15H,3,8H2,1-2H3/t10-/m1/s1. The van der Waals surface area contributed by atoms with Gasteiger partial charge in [-0.25, -0.2) is 0 Å². The van der Waals surface area contributed by atoms with Gasteiger partial charge >= 0.3 is 5.97 Å². The number of esters is 1. The summed E-state index contributed by atoms with van der Waals surface area (Å²) >= 11 is 0. The summed E-state index contributed by atoms with van der Waals surface area (Å²) in [7, 11) is 0. The van der Waals surface area contributed by atoms with Gasteiger partial charge < -0.3 is 9.72 Å². The molecule has 0 spiro atoms. The number of hydrogen-bond acceptors (Lipinski definition) is 2. The third kappa shape index (κ3) is 2.49. The lowest BCUT2D eigenvalue weighted by molar-refractivity contribution is -0.143. The summed E-state index contributed by atoms with van der Waals surface area (Å²) in [6.45, 7) is 4.32. The molecule has 0 fully saturated rings. The highest BCUT2D eigenvalue weighted by atomic mass is 16.5. The van der Waals surface area contributed by atoms with Gasteiger partial charge in [0.2, 0.25) is 0 Å². The molecule has 3 nitrogen and oxygen atoms in total. The number of nitrogens with one attached hydrogen (secondary N) is 1. The molecule has 1 heterocycles. The van der Waals surface area contributed by atoms with Gasteiger partial charge in [-0.1, -0.05) is 25.1 Å². The fraction of sp³-hybridized carbons (Fsp3) is 0.357. The number of aromatic nitrogens is 1. The molecule has 0 bridgehead atoms.